The van der Waals surface area contributed by atoms with Crippen LogP contribution in [0.1, 0.15) is 19.4 Å². The molecule has 0 saturated heterocycles. The Morgan fingerprint density at radius 1 is 1.29 bits per heavy atom. The summed E-state index contributed by atoms with van der Waals surface area (Å²) in [6, 6.07) is 10.3. The van der Waals surface area contributed by atoms with Gasteiger partial charge in [0.15, 0.2) is 0 Å². The first kappa shape index (κ1) is 12.8. The van der Waals surface area contributed by atoms with E-state index in [0.29, 0.717) is 0 Å². The van der Waals surface area contributed by atoms with Gasteiger partial charge in [-0.3, -0.25) is 0 Å². The summed E-state index contributed by atoms with van der Waals surface area (Å²) < 4.78 is 0. The van der Waals surface area contributed by atoms with Crippen LogP contribution < -0.4 is 5.32 Å². The van der Waals surface area contributed by atoms with Crippen LogP contribution >= 0.6 is 0 Å². The molecule has 0 unspecified atom stereocenters. The summed E-state index contributed by atoms with van der Waals surface area (Å²) in [6.45, 7) is 4.67. The number of benzene rings is 1. The average molecular weight is 193 g/mol. The Hall–Kier alpha value is -1.15. The normalized spacial score (nSPS) is 9.14. The second-order valence-electron chi connectivity index (χ2n) is 3.40. The minimum Gasteiger partial charge on any atom is -0.316 e. The third kappa shape index (κ3) is 7.50. The van der Waals surface area contributed by atoms with Crippen molar-refractivity contribution in [2.24, 2.45) is 5.92 Å². The molecule has 0 fully saturated rings. The average Bonchev–Trinajstić information content (AvgIpc) is 2.21. The molecule has 0 amide bonds. The molecule has 1 aromatic rings. The van der Waals surface area contributed by atoms with E-state index in [1.54, 1.807) is 0 Å². The van der Waals surface area contributed by atoms with Crippen LogP contribution in [0.3, 0.4) is 0 Å². The first-order chi connectivity index (χ1) is 6.70. The van der Waals surface area contributed by atoms with Gasteiger partial charge in [-0.05, 0) is 12.6 Å². The summed E-state index contributed by atoms with van der Waals surface area (Å²) in [5.74, 6) is 0.204. The third-order valence-electron chi connectivity index (χ3n) is 1.50. The zero-order valence-corrected chi connectivity index (χ0v) is 9.16. The highest BCUT2D eigenvalue weighted by Crippen LogP contribution is 1.95. The quantitative estimate of drug-likeness (QED) is 0.746. The van der Waals surface area contributed by atoms with Crippen molar-refractivity contribution in [1.29, 1.82) is 0 Å². The lowest BCUT2D eigenvalue weighted by Gasteiger charge is -1.95. The minimum atomic E-state index is 0.204. The maximum atomic E-state index is 9.50. The van der Waals surface area contributed by atoms with Crippen LogP contribution in [0.25, 0.3) is 0 Å². The van der Waals surface area contributed by atoms with Crippen molar-refractivity contribution in [3.63, 3.8) is 0 Å². The monoisotopic (exact) mass is 193 g/mol. The van der Waals surface area contributed by atoms with E-state index in [2.05, 4.69) is 17.4 Å². The van der Waals surface area contributed by atoms with Gasteiger partial charge >= 0.3 is 0 Å². The van der Waals surface area contributed by atoms with Gasteiger partial charge in [0, 0.05) is 12.5 Å². The number of hydrogen-bond acceptors (Lipinski definition) is 2. The maximum Gasteiger partial charge on any atom is 0.122 e. The highest BCUT2D eigenvalue weighted by atomic mass is 16.1. The van der Waals surface area contributed by atoms with Crippen molar-refractivity contribution >= 4 is 6.29 Å². The van der Waals surface area contributed by atoms with Crippen LogP contribution in [-0.2, 0) is 11.3 Å². The van der Waals surface area contributed by atoms with Gasteiger partial charge in [0.25, 0.3) is 0 Å². The predicted octanol–water partition coefficient (Wildman–Crippen LogP) is 2.25. The molecule has 0 saturated carbocycles. The van der Waals surface area contributed by atoms with Gasteiger partial charge in [-0.2, -0.15) is 0 Å². The van der Waals surface area contributed by atoms with Gasteiger partial charge < -0.3 is 10.1 Å². The molecule has 0 radical (unpaired) electrons. The number of nitrogens with one attached hydrogen (secondary N) is 1. The molecule has 2 heteroatoms. The first-order valence-corrected chi connectivity index (χ1v) is 4.84. The molecular weight excluding hydrogens is 174 g/mol. The number of rotatable bonds is 3. The van der Waals surface area contributed by atoms with Crippen LogP contribution in [0.5, 0.6) is 0 Å². The summed E-state index contributed by atoms with van der Waals surface area (Å²) >= 11 is 0. The van der Waals surface area contributed by atoms with E-state index in [0.717, 1.165) is 12.8 Å². The molecule has 0 atom stereocenters. The van der Waals surface area contributed by atoms with Crippen LogP contribution in [0.15, 0.2) is 30.3 Å². The molecule has 0 aliphatic heterocycles. The second-order valence-corrected chi connectivity index (χ2v) is 3.40. The van der Waals surface area contributed by atoms with Crippen molar-refractivity contribution < 1.29 is 4.79 Å². The highest BCUT2D eigenvalue weighted by molar-refractivity contribution is 5.51. The standard InChI is InChI=1S/C8H11N.C4H8O/c1-9-7-8-5-3-2-4-6-8;1-4(2)3-5/h2-6,9H,7H2,1H3;3-4H,1-2H3. The topological polar surface area (TPSA) is 29.1 Å². The Morgan fingerprint density at radius 3 is 2.14 bits per heavy atom. The van der Waals surface area contributed by atoms with Gasteiger partial charge in [0.2, 0.25) is 0 Å². The molecule has 0 aliphatic carbocycles. The Morgan fingerprint density at radius 2 is 1.79 bits per heavy atom. The molecule has 1 rings (SSSR count). The van der Waals surface area contributed by atoms with E-state index in [-0.39, 0.29) is 5.92 Å². The summed E-state index contributed by atoms with van der Waals surface area (Å²) in [5.41, 5.74) is 1.33. The molecular formula is C12H19NO. The van der Waals surface area contributed by atoms with Crippen LogP contribution in [0.4, 0.5) is 0 Å². The molecule has 0 spiro atoms. The van der Waals surface area contributed by atoms with Crippen molar-refractivity contribution in [2.45, 2.75) is 20.4 Å². The van der Waals surface area contributed by atoms with Crippen molar-refractivity contribution in [3.05, 3.63) is 35.9 Å². The fourth-order valence-electron chi connectivity index (χ4n) is 0.800. The summed E-state index contributed by atoms with van der Waals surface area (Å²) in [6.07, 6.45) is 0.917. The highest BCUT2D eigenvalue weighted by Gasteiger charge is 1.83. The first-order valence-electron chi connectivity index (χ1n) is 4.84. The third-order valence-corrected chi connectivity index (χ3v) is 1.50. The molecule has 1 aromatic carbocycles. The van der Waals surface area contributed by atoms with E-state index >= 15 is 0 Å². The second kappa shape index (κ2) is 8.45. The minimum absolute atomic E-state index is 0.204. The van der Waals surface area contributed by atoms with Gasteiger partial charge in [-0.1, -0.05) is 44.2 Å². The lowest BCUT2D eigenvalue weighted by Crippen LogP contribution is -2.04. The summed E-state index contributed by atoms with van der Waals surface area (Å²) in [7, 11) is 1.95. The molecule has 0 aliphatic rings. The van der Waals surface area contributed by atoms with Crippen LogP contribution in [-0.4, -0.2) is 13.3 Å². The zero-order valence-electron chi connectivity index (χ0n) is 9.16. The smallest absolute Gasteiger partial charge is 0.122 e. The molecule has 1 N–H and O–H groups in total. The summed E-state index contributed by atoms with van der Waals surface area (Å²) in [4.78, 5) is 9.50. The van der Waals surface area contributed by atoms with E-state index in [4.69, 9.17) is 0 Å². The van der Waals surface area contributed by atoms with Gasteiger partial charge in [-0.15, -0.1) is 0 Å². The van der Waals surface area contributed by atoms with Gasteiger partial charge in [-0.25, -0.2) is 0 Å². The Kier molecular flexibility index (Phi) is 7.75. The SMILES string of the molecule is CC(C)C=O.CNCc1ccccc1. The lowest BCUT2D eigenvalue weighted by atomic mass is 10.2. The van der Waals surface area contributed by atoms with Crippen LogP contribution in [0, 0.1) is 5.92 Å². The van der Waals surface area contributed by atoms with Crippen molar-refractivity contribution in [3.8, 4) is 0 Å². The Balaban J connectivity index is 0.000000292. The Labute approximate surface area is 86.3 Å². The van der Waals surface area contributed by atoms with Crippen molar-refractivity contribution in [1.82, 2.24) is 5.32 Å². The number of carbonyl (C=O) groups excluding carboxylic acids is 1. The largest absolute Gasteiger partial charge is 0.316 e. The fourth-order valence-corrected chi connectivity index (χ4v) is 0.800. The molecule has 0 aromatic heterocycles. The van der Waals surface area contributed by atoms with Gasteiger partial charge in [0.1, 0.15) is 6.29 Å². The number of aldehydes is 1. The molecule has 0 heterocycles. The lowest BCUT2D eigenvalue weighted by molar-refractivity contribution is -0.110. The molecule has 78 valence electrons. The molecule has 2 nitrogen and oxygen atoms in total. The van der Waals surface area contributed by atoms with E-state index < -0.39 is 0 Å². The van der Waals surface area contributed by atoms with Crippen LogP contribution in [0.2, 0.25) is 0 Å². The van der Waals surface area contributed by atoms with Gasteiger partial charge in [0.05, 0.1) is 0 Å². The summed E-state index contributed by atoms with van der Waals surface area (Å²) in [5, 5.41) is 3.08. The fraction of sp³-hybridized carbons (Fsp3) is 0.417. The van der Waals surface area contributed by atoms with E-state index in [1.807, 2.05) is 39.1 Å². The van der Waals surface area contributed by atoms with E-state index in [1.165, 1.54) is 5.56 Å². The molecule has 14 heavy (non-hydrogen) atoms. The molecule has 0 bridgehead atoms. The maximum absolute atomic E-state index is 9.50. The zero-order chi connectivity index (χ0) is 10.8. The Bertz CT molecular complexity index is 231. The number of hydrogen-bond donors (Lipinski definition) is 1. The predicted molar refractivity (Wildman–Crippen MR) is 60.1 cm³/mol. The van der Waals surface area contributed by atoms with E-state index in [9.17, 15) is 4.79 Å². The number of carbonyl (C=O) groups is 1. The van der Waals surface area contributed by atoms with Crippen molar-refractivity contribution in [2.75, 3.05) is 7.05 Å².